The van der Waals surface area contributed by atoms with Crippen LogP contribution in [0.5, 0.6) is 11.5 Å². The summed E-state index contributed by atoms with van der Waals surface area (Å²) in [5.74, 6) is -0.324. The van der Waals surface area contributed by atoms with Gasteiger partial charge in [-0.2, -0.15) is 0 Å². The number of methoxy groups -OCH3 is 1. The quantitative estimate of drug-likeness (QED) is 0.699. The van der Waals surface area contributed by atoms with Crippen LogP contribution >= 0.6 is 23.2 Å². The van der Waals surface area contributed by atoms with Crippen molar-refractivity contribution in [2.45, 2.75) is 6.54 Å². The standard InChI is InChI=1S/C21H23Cl2N3O4/c1-29-18-11-15(10-17(23)20(18)30-13-19(24)27)21(28)26-7-5-25(6-8-26)12-14-3-2-4-16(22)9-14/h2-4,9-11H,5-8,12-13H2,1H3,(H2,24,27). The number of primary amides is 1. The lowest BCUT2D eigenvalue weighted by Gasteiger charge is -2.35. The summed E-state index contributed by atoms with van der Waals surface area (Å²) in [6.07, 6.45) is 0. The van der Waals surface area contributed by atoms with E-state index in [1.165, 1.54) is 13.2 Å². The Balaban J connectivity index is 1.64. The molecule has 1 fully saturated rings. The molecule has 9 heteroatoms. The summed E-state index contributed by atoms with van der Waals surface area (Å²) >= 11 is 12.3. The van der Waals surface area contributed by atoms with E-state index < -0.39 is 5.91 Å². The van der Waals surface area contributed by atoms with E-state index in [0.717, 1.165) is 30.2 Å². The highest BCUT2D eigenvalue weighted by atomic mass is 35.5. The maximum absolute atomic E-state index is 13.0. The molecule has 0 saturated carbocycles. The third-order valence-corrected chi connectivity index (χ3v) is 5.31. The highest BCUT2D eigenvalue weighted by Gasteiger charge is 2.24. The van der Waals surface area contributed by atoms with Crippen LogP contribution in [0.2, 0.25) is 10.0 Å². The first-order valence-corrected chi connectivity index (χ1v) is 10.2. The molecule has 3 rings (SSSR count). The van der Waals surface area contributed by atoms with Gasteiger partial charge in [0.2, 0.25) is 0 Å². The van der Waals surface area contributed by atoms with Gasteiger partial charge in [-0.1, -0.05) is 35.3 Å². The van der Waals surface area contributed by atoms with Gasteiger partial charge in [-0.05, 0) is 29.8 Å². The predicted octanol–water partition coefficient (Wildman–Crippen LogP) is 2.82. The van der Waals surface area contributed by atoms with E-state index in [0.29, 0.717) is 18.7 Å². The van der Waals surface area contributed by atoms with Crippen molar-refractivity contribution in [3.05, 3.63) is 57.6 Å². The highest BCUT2D eigenvalue weighted by molar-refractivity contribution is 6.32. The van der Waals surface area contributed by atoms with Gasteiger partial charge in [0.15, 0.2) is 18.1 Å². The minimum absolute atomic E-state index is 0.140. The Hall–Kier alpha value is -2.48. The van der Waals surface area contributed by atoms with Crippen molar-refractivity contribution in [2.75, 3.05) is 39.9 Å². The van der Waals surface area contributed by atoms with Gasteiger partial charge in [0.25, 0.3) is 11.8 Å². The molecule has 0 spiro atoms. The van der Waals surface area contributed by atoms with E-state index in [1.54, 1.807) is 11.0 Å². The van der Waals surface area contributed by atoms with Crippen molar-refractivity contribution in [1.29, 1.82) is 0 Å². The van der Waals surface area contributed by atoms with Crippen molar-refractivity contribution >= 4 is 35.0 Å². The number of amides is 2. The summed E-state index contributed by atoms with van der Waals surface area (Å²) in [6.45, 7) is 3.15. The molecule has 0 atom stereocenters. The number of halogens is 2. The fourth-order valence-corrected chi connectivity index (χ4v) is 3.79. The molecular formula is C21H23Cl2N3O4. The first-order chi connectivity index (χ1) is 14.4. The molecule has 0 unspecified atom stereocenters. The maximum Gasteiger partial charge on any atom is 0.255 e. The fourth-order valence-electron chi connectivity index (χ4n) is 3.31. The van der Waals surface area contributed by atoms with E-state index >= 15 is 0 Å². The minimum atomic E-state index is -0.635. The topological polar surface area (TPSA) is 85.1 Å². The molecule has 160 valence electrons. The average molecular weight is 452 g/mol. The Kier molecular flexibility index (Phi) is 7.42. The first kappa shape index (κ1) is 22.2. The summed E-state index contributed by atoms with van der Waals surface area (Å²) in [5.41, 5.74) is 6.64. The first-order valence-electron chi connectivity index (χ1n) is 9.42. The predicted molar refractivity (Wildman–Crippen MR) is 115 cm³/mol. The molecule has 2 N–H and O–H groups in total. The van der Waals surface area contributed by atoms with Crippen LogP contribution in [0.3, 0.4) is 0 Å². The van der Waals surface area contributed by atoms with Gasteiger partial charge in [0.1, 0.15) is 0 Å². The summed E-state index contributed by atoms with van der Waals surface area (Å²) < 4.78 is 10.6. The van der Waals surface area contributed by atoms with Gasteiger partial charge in [0, 0.05) is 43.3 Å². The van der Waals surface area contributed by atoms with Gasteiger partial charge in [-0.3, -0.25) is 14.5 Å². The second-order valence-electron chi connectivity index (χ2n) is 6.94. The van der Waals surface area contributed by atoms with E-state index in [9.17, 15) is 9.59 Å². The summed E-state index contributed by atoms with van der Waals surface area (Å²) in [4.78, 5) is 28.0. The third-order valence-electron chi connectivity index (χ3n) is 4.79. The van der Waals surface area contributed by atoms with Crippen LogP contribution in [-0.2, 0) is 11.3 Å². The lowest BCUT2D eigenvalue weighted by molar-refractivity contribution is -0.119. The van der Waals surface area contributed by atoms with Crippen molar-refractivity contribution in [3.8, 4) is 11.5 Å². The summed E-state index contributed by atoms with van der Waals surface area (Å²) in [6, 6.07) is 10.9. The van der Waals surface area contributed by atoms with Crippen LogP contribution in [0.25, 0.3) is 0 Å². The van der Waals surface area contributed by atoms with Crippen molar-refractivity contribution in [3.63, 3.8) is 0 Å². The Morgan fingerprint density at radius 3 is 2.47 bits per heavy atom. The zero-order valence-electron chi connectivity index (χ0n) is 16.6. The number of hydrogen-bond acceptors (Lipinski definition) is 5. The van der Waals surface area contributed by atoms with Crippen LogP contribution in [0.4, 0.5) is 0 Å². The zero-order chi connectivity index (χ0) is 21.7. The number of carbonyl (C=O) groups is 2. The Labute approximate surface area is 185 Å². The number of benzene rings is 2. The van der Waals surface area contributed by atoms with Gasteiger partial charge in [-0.25, -0.2) is 0 Å². The minimum Gasteiger partial charge on any atom is -0.493 e. The zero-order valence-corrected chi connectivity index (χ0v) is 18.1. The molecule has 1 saturated heterocycles. The van der Waals surface area contributed by atoms with E-state index in [-0.39, 0.29) is 29.0 Å². The summed E-state index contributed by atoms with van der Waals surface area (Å²) in [7, 11) is 1.44. The molecule has 0 aromatic heterocycles. The Morgan fingerprint density at radius 2 is 1.83 bits per heavy atom. The van der Waals surface area contributed by atoms with Gasteiger partial charge in [-0.15, -0.1) is 0 Å². The molecule has 1 aliphatic heterocycles. The van der Waals surface area contributed by atoms with Crippen molar-refractivity contribution in [2.24, 2.45) is 5.73 Å². The van der Waals surface area contributed by atoms with Crippen LogP contribution in [0.15, 0.2) is 36.4 Å². The second kappa shape index (κ2) is 10.0. The number of piperazine rings is 1. The van der Waals surface area contributed by atoms with Crippen LogP contribution < -0.4 is 15.2 Å². The normalized spacial score (nSPS) is 14.4. The smallest absolute Gasteiger partial charge is 0.255 e. The summed E-state index contributed by atoms with van der Waals surface area (Å²) in [5, 5.41) is 0.897. The molecule has 30 heavy (non-hydrogen) atoms. The highest BCUT2D eigenvalue weighted by Crippen LogP contribution is 2.36. The molecule has 1 heterocycles. The second-order valence-corrected chi connectivity index (χ2v) is 7.79. The number of rotatable bonds is 7. The van der Waals surface area contributed by atoms with E-state index in [2.05, 4.69) is 4.90 Å². The average Bonchev–Trinajstić information content (AvgIpc) is 2.72. The maximum atomic E-state index is 13.0. The van der Waals surface area contributed by atoms with E-state index in [1.807, 2.05) is 24.3 Å². The number of carbonyl (C=O) groups excluding carboxylic acids is 2. The lowest BCUT2D eigenvalue weighted by Crippen LogP contribution is -2.48. The van der Waals surface area contributed by atoms with E-state index in [4.69, 9.17) is 38.4 Å². The van der Waals surface area contributed by atoms with Crippen LogP contribution in [0, 0.1) is 0 Å². The number of ether oxygens (including phenoxy) is 2. The monoisotopic (exact) mass is 451 g/mol. The van der Waals surface area contributed by atoms with Crippen LogP contribution in [0.1, 0.15) is 15.9 Å². The van der Waals surface area contributed by atoms with Gasteiger partial charge >= 0.3 is 0 Å². The molecule has 1 aliphatic rings. The lowest BCUT2D eigenvalue weighted by atomic mass is 10.1. The van der Waals surface area contributed by atoms with Gasteiger partial charge < -0.3 is 20.1 Å². The van der Waals surface area contributed by atoms with Gasteiger partial charge in [0.05, 0.1) is 12.1 Å². The molecule has 2 amide bonds. The Bertz CT molecular complexity index is 930. The molecule has 7 nitrogen and oxygen atoms in total. The SMILES string of the molecule is COc1cc(C(=O)N2CCN(Cc3cccc(Cl)c3)CC2)cc(Cl)c1OCC(N)=O. The molecule has 0 radical (unpaired) electrons. The number of nitrogens with two attached hydrogens (primary N) is 1. The fraction of sp³-hybridized carbons (Fsp3) is 0.333. The van der Waals surface area contributed by atoms with Crippen molar-refractivity contribution < 1.29 is 19.1 Å². The molecular weight excluding hydrogens is 429 g/mol. The van der Waals surface area contributed by atoms with Crippen LogP contribution in [-0.4, -0.2) is 61.5 Å². The molecule has 0 aliphatic carbocycles. The molecule has 0 bridgehead atoms. The number of nitrogens with zero attached hydrogens (tertiary/aromatic N) is 2. The Morgan fingerprint density at radius 1 is 1.10 bits per heavy atom. The third kappa shape index (κ3) is 5.56. The molecule has 2 aromatic rings. The molecule has 2 aromatic carbocycles. The number of hydrogen-bond donors (Lipinski definition) is 1. The van der Waals surface area contributed by atoms with Crippen molar-refractivity contribution in [1.82, 2.24) is 9.80 Å². The largest absolute Gasteiger partial charge is 0.493 e.